The molecule has 238 valence electrons. The first kappa shape index (κ1) is 30.6. The average molecular weight is 627 g/mol. The van der Waals surface area contributed by atoms with Crippen LogP contribution in [0, 0.1) is 0 Å². The molecule has 10 heteroatoms. The number of fused-ring (bicyclic) bond motifs is 2. The van der Waals surface area contributed by atoms with E-state index in [4.69, 9.17) is 37.9 Å². The van der Waals surface area contributed by atoms with Gasteiger partial charge >= 0.3 is 0 Å². The third-order valence-electron chi connectivity index (χ3n) is 8.34. The Labute approximate surface area is 266 Å². The van der Waals surface area contributed by atoms with Crippen molar-refractivity contribution in [1.82, 2.24) is 0 Å². The van der Waals surface area contributed by atoms with E-state index in [1.165, 1.54) is 28.4 Å². The van der Waals surface area contributed by atoms with E-state index in [-0.39, 0.29) is 47.0 Å². The number of carbonyl (C=O) groups excluding carboxylic acids is 2. The molecule has 4 aromatic rings. The van der Waals surface area contributed by atoms with Crippen LogP contribution in [-0.4, -0.2) is 54.2 Å². The summed E-state index contributed by atoms with van der Waals surface area (Å²) in [6.07, 6.45) is -0.987. The second-order valence-electron chi connectivity index (χ2n) is 10.7. The first-order valence-corrected chi connectivity index (χ1v) is 14.6. The molecule has 10 nitrogen and oxygen atoms in total. The molecule has 0 bridgehead atoms. The monoisotopic (exact) mass is 626 g/mol. The summed E-state index contributed by atoms with van der Waals surface area (Å²) in [7, 11) is 9.14. The molecule has 0 amide bonds. The smallest absolute Gasteiger partial charge is 0.174 e. The van der Waals surface area contributed by atoms with Crippen molar-refractivity contribution in [2.24, 2.45) is 0 Å². The first-order chi connectivity index (χ1) is 22.3. The summed E-state index contributed by atoms with van der Waals surface area (Å²) >= 11 is 0. The van der Waals surface area contributed by atoms with E-state index in [0.29, 0.717) is 45.6 Å². The van der Waals surface area contributed by atoms with Crippen molar-refractivity contribution in [3.05, 3.63) is 82.9 Å². The summed E-state index contributed by atoms with van der Waals surface area (Å²) < 4.78 is 46.9. The van der Waals surface area contributed by atoms with Gasteiger partial charge in [-0.25, -0.2) is 0 Å². The largest absolute Gasteiger partial charge is 0.497 e. The lowest BCUT2D eigenvalue weighted by molar-refractivity contribution is 0.0833. The number of hydrogen-bond acceptors (Lipinski definition) is 10. The van der Waals surface area contributed by atoms with Gasteiger partial charge in [0.2, 0.25) is 0 Å². The van der Waals surface area contributed by atoms with Crippen LogP contribution in [0.25, 0.3) is 11.1 Å². The van der Waals surface area contributed by atoms with Crippen LogP contribution in [-0.2, 0) is 0 Å². The van der Waals surface area contributed by atoms with E-state index in [1.54, 1.807) is 26.4 Å². The zero-order chi connectivity index (χ0) is 32.5. The van der Waals surface area contributed by atoms with E-state index >= 15 is 0 Å². The topological polar surface area (TPSA) is 108 Å². The summed E-state index contributed by atoms with van der Waals surface area (Å²) in [5, 5.41) is 0. The highest BCUT2D eigenvalue weighted by molar-refractivity contribution is 6.09. The summed E-state index contributed by atoms with van der Waals surface area (Å²) in [4.78, 5) is 27.7. The Balaban J connectivity index is 1.53. The maximum atomic E-state index is 13.9. The Morgan fingerprint density at radius 2 is 1.00 bits per heavy atom. The van der Waals surface area contributed by atoms with Gasteiger partial charge in [0.25, 0.3) is 0 Å². The second-order valence-corrected chi connectivity index (χ2v) is 10.7. The maximum Gasteiger partial charge on any atom is 0.174 e. The highest BCUT2D eigenvalue weighted by Gasteiger charge is 2.40. The van der Waals surface area contributed by atoms with Crippen molar-refractivity contribution in [2.75, 3.05) is 42.7 Å². The van der Waals surface area contributed by atoms with E-state index in [1.807, 2.05) is 48.5 Å². The molecular formula is C36H34O10. The van der Waals surface area contributed by atoms with Gasteiger partial charge in [0.1, 0.15) is 69.3 Å². The number of ketones is 2. The van der Waals surface area contributed by atoms with Crippen LogP contribution in [0.3, 0.4) is 0 Å². The van der Waals surface area contributed by atoms with Crippen molar-refractivity contribution in [1.29, 1.82) is 0 Å². The Bertz CT molecular complexity index is 1790. The Hall–Kier alpha value is -5.38. The number of benzene rings is 4. The van der Waals surface area contributed by atoms with Gasteiger partial charge in [0.05, 0.1) is 66.6 Å². The molecule has 2 heterocycles. The fourth-order valence-electron chi connectivity index (χ4n) is 6.05. The summed E-state index contributed by atoms with van der Waals surface area (Å²) in [6, 6.07) is 18.0. The lowest BCUT2D eigenvalue weighted by Crippen LogP contribution is -2.23. The minimum absolute atomic E-state index is 0.0772. The van der Waals surface area contributed by atoms with Crippen LogP contribution in [0.4, 0.5) is 0 Å². The molecule has 0 radical (unpaired) electrons. The van der Waals surface area contributed by atoms with Crippen LogP contribution in [0.2, 0.25) is 0 Å². The van der Waals surface area contributed by atoms with Gasteiger partial charge < -0.3 is 37.9 Å². The molecule has 0 aromatic heterocycles. The lowest BCUT2D eigenvalue weighted by atomic mass is 9.88. The number of methoxy groups -OCH3 is 6. The molecule has 0 aliphatic carbocycles. The predicted molar refractivity (Wildman–Crippen MR) is 169 cm³/mol. The summed E-state index contributed by atoms with van der Waals surface area (Å²) in [6.45, 7) is 0. The van der Waals surface area contributed by atoms with Crippen molar-refractivity contribution in [2.45, 2.75) is 25.0 Å². The van der Waals surface area contributed by atoms with Gasteiger partial charge in [0.15, 0.2) is 11.6 Å². The minimum Gasteiger partial charge on any atom is -0.497 e. The van der Waals surface area contributed by atoms with Gasteiger partial charge in [-0.3, -0.25) is 9.59 Å². The first-order valence-electron chi connectivity index (χ1n) is 14.6. The molecule has 0 saturated carbocycles. The third kappa shape index (κ3) is 5.19. The quantitative estimate of drug-likeness (QED) is 0.196. The number of hydrogen-bond donors (Lipinski definition) is 0. The van der Waals surface area contributed by atoms with Gasteiger partial charge in [-0.05, 0) is 35.4 Å². The van der Waals surface area contributed by atoms with Crippen molar-refractivity contribution >= 4 is 11.6 Å². The van der Waals surface area contributed by atoms with Gasteiger partial charge in [-0.15, -0.1) is 0 Å². The molecule has 2 aliphatic rings. The zero-order valence-corrected chi connectivity index (χ0v) is 26.4. The Morgan fingerprint density at radius 1 is 0.522 bits per heavy atom. The molecule has 6 rings (SSSR count). The molecule has 2 atom stereocenters. The van der Waals surface area contributed by atoms with Crippen molar-refractivity contribution in [3.8, 4) is 57.1 Å². The minimum atomic E-state index is -0.619. The van der Waals surface area contributed by atoms with E-state index in [9.17, 15) is 9.59 Å². The number of Topliss-reactive ketones (excluding diaryl/α,β-unsaturated/α-hetero) is 2. The summed E-state index contributed by atoms with van der Waals surface area (Å²) in [5.41, 5.74) is 2.87. The molecule has 0 unspecified atom stereocenters. The van der Waals surface area contributed by atoms with Gasteiger partial charge in [-0.1, -0.05) is 24.3 Å². The normalized spacial score (nSPS) is 16.7. The molecule has 0 spiro atoms. The number of rotatable bonds is 9. The van der Waals surface area contributed by atoms with Gasteiger partial charge in [-0.2, -0.15) is 0 Å². The van der Waals surface area contributed by atoms with Gasteiger partial charge in [0, 0.05) is 12.1 Å². The SMILES string of the molecule is COc1ccc([C@@H]2CC(=O)c3c(cc(OC)c(-c4c(OC)cc(OC)c5c4O[C@H](c4ccc(OC)cc4)CC5=O)c3OC)O2)cc1. The molecule has 4 aromatic carbocycles. The van der Waals surface area contributed by atoms with Crippen molar-refractivity contribution in [3.63, 3.8) is 0 Å². The molecule has 0 fully saturated rings. The van der Waals surface area contributed by atoms with Crippen LogP contribution in [0.5, 0.6) is 46.0 Å². The third-order valence-corrected chi connectivity index (χ3v) is 8.34. The second kappa shape index (κ2) is 12.5. The van der Waals surface area contributed by atoms with Crippen LogP contribution < -0.4 is 37.9 Å². The number of carbonyl (C=O) groups is 2. The standard InChI is InChI=1S/C36H34O10/c1-39-21-11-7-19(8-12-21)25-15-24(38)32-30(45-25)18-29(43-5)33(35(32)44-6)34-28(42-4)17-27(41-3)31-23(37)16-26(46-36(31)34)20-9-13-22(40-2)14-10-20/h7-14,17-18,25-26H,15-16H2,1-6H3/t25-,26-/m0/s1. The van der Waals surface area contributed by atoms with E-state index < -0.39 is 12.2 Å². The van der Waals surface area contributed by atoms with Crippen LogP contribution in [0.15, 0.2) is 60.7 Å². The molecule has 0 N–H and O–H groups in total. The highest BCUT2D eigenvalue weighted by atomic mass is 16.5. The maximum absolute atomic E-state index is 13.9. The Morgan fingerprint density at radius 3 is 1.50 bits per heavy atom. The van der Waals surface area contributed by atoms with Crippen molar-refractivity contribution < 1.29 is 47.5 Å². The predicted octanol–water partition coefficient (Wildman–Crippen LogP) is 6.82. The fourth-order valence-corrected chi connectivity index (χ4v) is 6.05. The Kier molecular flexibility index (Phi) is 8.36. The number of ether oxygens (including phenoxy) is 8. The van der Waals surface area contributed by atoms with E-state index in [0.717, 1.165) is 11.1 Å². The summed E-state index contributed by atoms with van der Waals surface area (Å²) in [5.74, 6) is 2.72. The molecule has 46 heavy (non-hydrogen) atoms. The molecule has 2 aliphatic heterocycles. The van der Waals surface area contributed by atoms with Crippen LogP contribution >= 0.6 is 0 Å². The zero-order valence-electron chi connectivity index (χ0n) is 26.4. The van der Waals surface area contributed by atoms with E-state index in [2.05, 4.69) is 0 Å². The average Bonchev–Trinajstić information content (AvgIpc) is 3.09. The fraction of sp³-hybridized carbons (Fsp3) is 0.278. The van der Waals surface area contributed by atoms with Crippen LogP contribution in [0.1, 0.15) is 56.9 Å². The lowest BCUT2D eigenvalue weighted by Gasteiger charge is -2.32. The highest BCUT2D eigenvalue weighted by Crippen LogP contribution is 2.57. The molecule has 0 saturated heterocycles. The molecular weight excluding hydrogens is 592 g/mol.